The van der Waals surface area contributed by atoms with Gasteiger partial charge in [-0.2, -0.15) is 0 Å². The third-order valence-corrected chi connectivity index (χ3v) is 0.357. The summed E-state index contributed by atoms with van der Waals surface area (Å²) in [6.45, 7) is 1.20. The van der Waals surface area contributed by atoms with Gasteiger partial charge in [0, 0.05) is 0 Å². The number of carbonyl (C=O) groups is 1. The van der Waals surface area contributed by atoms with E-state index in [1.165, 1.54) is 6.92 Å². The Labute approximate surface area is 46.9 Å². The number of aliphatic hydroxyl groups is 1. The quantitative estimate of drug-likeness (QED) is 0.244. The van der Waals surface area contributed by atoms with E-state index in [0.29, 0.717) is 0 Å². The number of aliphatic hydroxyl groups excluding tert-OH is 1. The summed E-state index contributed by atoms with van der Waals surface area (Å²) in [4.78, 5) is 9.45. The molecule has 0 aliphatic heterocycles. The summed E-state index contributed by atoms with van der Waals surface area (Å²) in [5.41, 5.74) is 0. The minimum atomic E-state index is -1.23. The van der Waals surface area contributed by atoms with Gasteiger partial charge < -0.3 is 10.2 Å². The van der Waals surface area contributed by atoms with Crippen molar-refractivity contribution in [3.63, 3.8) is 0 Å². The van der Waals surface area contributed by atoms with Gasteiger partial charge in [-0.25, -0.2) is 4.79 Å². The van der Waals surface area contributed by atoms with Crippen molar-refractivity contribution in [2.24, 2.45) is 11.7 Å². The minimum Gasteiger partial charge on any atom is -0.479 e. The van der Waals surface area contributed by atoms with E-state index in [1.54, 1.807) is 0 Å². The normalized spacial score (nSPS) is 11.0. The van der Waals surface area contributed by atoms with Crippen LogP contribution >= 0.6 is 0 Å². The lowest BCUT2D eigenvalue weighted by Crippen LogP contribution is -2.13. The number of rotatable bonds is 1. The zero-order chi connectivity index (χ0) is 7.15. The molecular formula is C3H10N2O3. The Kier molecular flexibility index (Phi) is 8.22. The molecule has 0 amide bonds. The minimum absolute atomic E-state index is 1.19. The highest BCUT2D eigenvalue weighted by atomic mass is 16.4. The summed E-state index contributed by atoms with van der Waals surface area (Å²) in [6.07, 6.45) is -1.23. The summed E-state index contributed by atoms with van der Waals surface area (Å²) in [7, 11) is 0. The molecule has 5 heteroatoms. The van der Waals surface area contributed by atoms with Gasteiger partial charge in [-0.1, -0.05) is 0 Å². The van der Waals surface area contributed by atoms with Crippen LogP contribution in [0, 0.1) is 0 Å². The van der Waals surface area contributed by atoms with Crippen molar-refractivity contribution in [2.75, 3.05) is 0 Å². The van der Waals surface area contributed by atoms with E-state index >= 15 is 0 Å². The largest absolute Gasteiger partial charge is 0.479 e. The maximum absolute atomic E-state index is 9.45. The summed E-state index contributed by atoms with van der Waals surface area (Å²) >= 11 is 0. The first-order chi connectivity index (χ1) is 3.64. The Balaban J connectivity index is 0. The van der Waals surface area contributed by atoms with Crippen molar-refractivity contribution in [3.05, 3.63) is 0 Å². The van der Waals surface area contributed by atoms with Crippen molar-refractivity contribution in [3.8, 4) is 0 Å². The molecule has 0 bridgehead atoms. The predicted octanol–water partition coefficient (Wildman–Crippen LogP) is -1.73. The van der Waals surface area contributed by atoms with Crippen LogP contribution in [0.4, 0.5) is 0 Å². The molecule has 6 N–H and O–H groups in total. The number of carboxylic acid groups (broad SMARTS) is 1. The Hall–Kier alpha value is -0.650. The van der Waals surface area contributed by atoms with Crippen LogP contribution in [0.2, 0.25) is 0 Å². The van der Waals surface area contributed by atoms with Crippen molar-refractivity contribution < 1.29 is 15.0 Å². The Morgan fingerprint density at radius 1 is 1.62 bits per heavy atom. The smallest absolute Gasteiger partial charge is 0.332 e. The Morgan fingerprint density at radius 3 is 1.75 bits per heavy atom. The zero-order valence-corrected chi connectivity index (χ0v) is 4.53. The summed E-state index contributed by atoms with van der Waals surface area (Å²) < 4.78 is 0. The average molecular weight is 122 g/mol. The monoisotopic (exact) mass is 122 g/mol. The number of carboxylic acids is 1. The molecule has 5 nitrogen and oxygen atoms in total. The molecule has 1 atom stereocenters. The lowest BCUT2D eigenvalue weighted by Gasteiger charge is -1.89. The van der Waals surface area contributed by atoms with E-state index in [0.717, 1.165) is 0 Å². The molecule has 0 heterocycles. The van der Waals surface area contributed by atoms with Crippen LogP contribution in [0.5, 0.6) is 0 Å². The van der Waals surface area contributed by atoms with Gasteiger partial charge in [0.25, 0.3) is 0 Å². The second kappa shape index (κ2) is 6.35. The number of hydrazine groups is 1. The third-order valence-electron chi connectivity index (χ3n) is 0.357. The predicted molar refractivity (Wildman–Crippen MR) is 27.7 cm³/mol. The van der Waals surface area contributed by atoms with Crippen LogP contribution in [0.25, 0.3) is 0 Å². The molecule has 0 spiro atoms. The SMILES string of the molecule is CC(O)C(=O)O.NN. The van der Waals surface area contributed by atoms with E-state index in [2.05, 4.69) is 11.7 Å². The van der Waals surface area contributed by atoms with Crippen LogP contribution in [-0.2, 0) is 4.79 Å². The van der Waals surface area contributed by atoms with Crippen LogP contribution in [-0.4, -0.2) is 22.3 Å². The zero-order valence-electron chi connectivity index (χ0n) is 4.53. The molecule has 0 aromatic heterocycles. The molecular weight excluding hydrogens is 112 g/mol. The van der Waals surface area contributed by atoms with Crippen LogP contribution in [0.1, 0.15) is 6.92 Å². The maximum Gasteiger partial charge on any atom is 0.332 e. The lowest BCUT2D eigenvalue weighted by molar-refractivity contribution is -0.145. The van der Waals surface area contributed by atoms with E-state index in [-0.39, 0.29) is 0 Å². The maximum atomic E-state index is 9.45. The van der Waals surface area contributed by atoms with E-state index in [4.69, 9.17) is 10.2 Å². The van der Waals surface area contributed by atoms with Crippen LogP contribution in [0.3, 0.4) is 0 Å². The van der Waals surface area contributed by atoms with Gasteiger partial charge in [-0.3, -0.25) is 11.7 Å². The third kappa shape index (κ3) is 9.02. The van der Waals surface area contributed by atoms with Crippen molar-refractivity contribution in [1.29, 1.82) is 0 Å². The second-order valence-corrected chi connectivity index (χ2v) is 1.01. The van der Waals surface area contributed by atoms with E-state index in [9.17, 15) is 4.79 Å². The molecule has 50 valence electrons. The molecule has 0 radical (unpaired) electrons. The summed E-state index contributed by atoms with van der Waals surface area (Å²) in [5, 5.41) is 15.8. The molecule has 0 aliphatic carbocycles. The van der Waals surface area contributed by atoms with Crippen molar-refractivity contribution in [2.45, 2.75) is 13.0 Å². The van der Waals surface area contributed by atoms with Gasteiger partial charge in [-0.05, 0) is 6.92 Å². The van der Waals surface area contributed by atoms with Gasteiger partial charge in [0.05, 0.1) is 0 Å². The first-order valence-corrected chi connectivity index (χ1v) is 1.89. The number of aliphatic carboxylic acids is 1. The molecule has 0 saturated carbocycles. The van der Waals surface area contributed by atoms with Gasteiger partial charge in [-0.15, -0.1) is 0 Å². The second-order valence-electron chi connectivity index (χ2n) is 1.01. The Morgan fingerprint density at radius 2 is 1.75 bits per heavy atom. The molecule has 0 rings (SSSR count). The topological polar surface area (TPSA) is 110 Å². The molecule has 8 heavy (non-hydrogen) atoms. The molecule has 1 unspecified atom stereocenters. The molecule has 0 aliphatic rings. The van der Waals surface area contributed by atoms with Crippen molar-refractivity contribution >= 4 is 5.97 Å². The van der Waals surface area contributed by atoms with Gasteiger partial charge in [0.1, 0.15) is 6.10 Å². The highest BCUT2D eigenvalue weighted by Gasteiger charge is 2.01. The van der Waals surface area contributed by atoms with Crippen LogP contribution < -0.4 is 11.7 Å². The molecule has 0 aromatic carbocycles. The number of hydrogen-bond acceptors (Lipinski definition) is 4. The lowest BCUT2D eigenvalue weighted by atomic mass is 10.4. The molecule has 0 saturated heterocycles. The first kappa shape index (κ1) is 10.4. The highest BCUT2D eigenvalue weighted by Crippen LogP contribution is 1.73. The van der Waals surface area contributed by atoms with Crippen LogP contribution in [0.15, 0.2) is 0 Å². The molecule has 0 aromatic rings. The summed E-state index contributed by atoms with van der Waals surface area (Å²) in [6, 6.07) is 0. The standard InChI is InChI=1S/C3H6O3.H4N2/c1-2(4)3(5)6;1-2/h2,4H,1H3,(H,5,6);1-2H2. The molecule has 0 fully saturated rings. The average Bonchev–Trinajstić information content (AvgIpc) is 1.72. The van der Waals surface area contributed by atoms with Crippen molar-refractivity contribution in [1.82, 2.24) is 0 Å². The first-order valence-electron chi connectivity index (χ1n) is 1.89. The Bertz CT molecular complexity index is 63.5. The van der Waals surface area contributed by atoms with E-state index < -0.39 is 12.1 Å². The fourth-order valence-corrected chi connectivity index (χ4v) is 0. The van der Waals surface area contributed by atoms with Gasteiger partial charge >= 0.3 is 5.97 Å². The number of hydrogen-bond donors (Lipinski definition) is 4. The number of nitrogens with two attached hydrogens (primary N) is 2. The highest BCUT2D eigenvalue weighted by molar-refractivity contribution is 5.71. The fourth-order valence-electron chi connectivity index (χ4n) is 0. The summed E-state index contributed by atoms with van der Waals surface area (Å²) in [5.74, 6) is 6.81. The van der Waals surface area contributed by atoms with Gasteiger partial charge in [0.2, 0.25) is 0 Å². The van der Waals surface area contributed by atoms with E-state index in [1.807, 2.05) is 0 Å². The fraction of sp³-hybridized carbons (Fsp3) is 0.667. The van der Waals surface area contributed by atoms with Gasteiger partial charge in [0.15, 0.2) is 0 Å².